The van der Waals surface area contributed by atoms with Gasteiger partial charge in [0.25, 0.3) is 0 Å². The molecule has 0 bridgehead atoms. The highest BCUT2D eigenvalue weighted by atomic mass is 79.9. The van der Waals surface area contributed by atoms with Crippen LogP contribution in [0.25, 0.3) is 0 Å². The summed E-state index contributed by atoms with van der Waals surface area (Å²) in [6, 6.07) is 8.27. The third-order valence-electron chi connectivity index (χ3n) is 2.53. The second-order valence-electron chi connectivity index (χ2n) is 3.92. The minimum absolute atomic E-state index is 0.523. The average Bonchev–Trinajstić information content (AvgIpc) is 2.72. The molecule has 0 aliphatic heterocycles. The lowest BCUT2D eigenvalue weighted by atomic mass is 10.2. The SMILES string of the molecule is COCc1nc(Cc2cccc(Br)c2)sc1CN. The molecule has 0 spiro atoms. The second kappa shape index (κ2) is 6.43. The Morgan fingerprint density at radius 2 is 2.28 bits per heavy atom. The standard InChI is InChI=1S/C13H15BrN2OS/c1-17-8-11-12(7-15)18-13(16-11)6-9-3-2-4-10(14)5-9/h2-5H,6-8,15H2,1H3. The van der Waals surface area contributed by atoms with Gasteiger partial charge in [-0.15, -0.1) is 11.3 Å². The van der Waals surface area contributed by atoms with Gasteiger partial charge >= 0.3 is 0 Å². The molecule has 0 saturated heterocycles. The van der Waals surface area contributed by atoms with E-state index < -0.39 is 0 Å². The molecule has 18 heavy (non-hydrogen) atoms. The van der Waals surface area contributed by atoms with Crippen LogP contribution in [0.2, 0.25) is 0 Å². The molecule has 0 atom stereocenters. The fraction of sp³-hybridized carbons (Fsp3) is 0.308. The summed E-state index contributed by atoms with van der Waals surface area (Å²) in [5.74, 6) is 0. The van der Waals surface area contributed by atoms with Crippen LogP contribution in [-0.4, -0.2) is 12.1 Å². The van der Waals surface area contributed by atoms with E-state index >= 15 is 0 Å². The summed E-state index contributed by atoms with van der Waals surface area (Å²) in [4.78, 5) is 5.71. The molecule has 5 heteroatoms. The predicted molar refractivity (Wildman–Crippen MR) is 77.7 cm³/mol. The van der Waals surface area contributed by atoms with E-state index in [9.17, 15) is 0 Å². The van der Waals surface area contributed by atoms with Gasteiger partial charge in [0, 0.05) is 29.4 Å². The summed E-state index contributed by atoms with van der Waals surface area (Å²) < 4.78 is 6.22. The molecule has 0 unspecified atom stereocenters. The Bertz CT molecular complexity index is 527. The van der Waals surface area contributed by atoms with Crippen LogP contribution < -0.4 is 5.73 Å². The van der Waals surface area contributed by atoms with E-state index in [1.807, 2.05) is 12.1 Å². The largest absolute Gasteiger partial charge is 0.378 e. The smallest absolute Gasteiger partial charge is 0.0976 e. The number of halogens is 1. The number of hydrogen-bond acceptors (Lipinski definition) is 4. The van der Waals surface area contributed by atoms with Crippen LogP contribution in [-0.2, 0) is 24.3 Å². The van der Waals surface area contributed by atoms with E-state index in [-0.39, 0.29) is 0 Å². The Balaban J connectivity index is 2.19. The zero-order valence-electron chi connectivity index (χ0n) is 10.1. The minimum atomic E-state index is 0.523. The molecule has 2 rings (SSSR count). The first kappa shape index (κ1) is 13.7. The van der Waals surface area contributed by atoms with Crippen molar-refractivity contribution in [3.63, 3.8) is 0 Å². The second-order valence-corrected chi connectivity index (χ2v) is 6.01. The van der Waals surface area contributed by atoms with Crippen molar-refractivity contribution in [3.8, 4) is 0 Å². The Hall–Kier alpha value is -0.750. The van der Waals surface area contributed by atoms with Crippen molar-refractivity contribution in [2.75, 3.05) is 7.11 Å². The molecule has 1 aromatic heterocycles. The van der Waals surface area contributed by atoms with Crippen molar-refractivity contribution >= 4 is 27.3 Å². The van der Waals surface area contributed by atoms with E-state index in [1.54, 1.807) is 18.4 Å². The van der Waals surface area contributed by atoms with Crippen LogP contribution >= 0.6 is 27.3 Å². The van der Waals surface area contributed by atoms with Crippen molar-refractivity contribution in [2.24, 2.45) is 5.73 Å². The van der Waals surface area contributed by atoms with Gasteiger partial charge in [-0.1, -0.05) is 28.1 Å². The zero-order chi connectivity index (χ0) is 13.0. The Morgan fingerprint density at radius 1 is 1.44 bits per heavy atom. The number of methoxy groups -OCH3 is 1. The lowest BCUT2D eigenvalue weighted by molar-refractivity contribution is 0.181. The van der Waals surface area contributed by atoms with Gasteiger partial charge < -0.3 is 10.5 Å². The van der Waals surface area contributed by atoms with Crippen molar-refractivity contribution in [2.45, 2.75) is 19.6 Å². The normalized spacial score (nSPS) is 10.8. The maximum Gasteiger partial charge on any atom is 0.0976 e. The number of aromatic nitrogens is 1. The van der Waals surface area contributed by atoms with Gasteiger partial charge in [-0.05, 0) is 17.7 Å². The van der Waals surface area contributed by atoms with E-state index in [0.717, 1.165) is 26.5 Å². The van der Waals surface area contributed by atoms with Crippen molar-refractivity contribution < 1.29 is 4.74 Å². The van der Waals surface area contributed by atoms with Gasteiger partial charge in [0.1, 0.15) is 0 Å². The molecule has 0 amide bonds. The van der Waals surface area contributed by atoms with Crippen LogP contribution in [0.1, 0.15) is 21.1 Å². The lowest BCUT2D eigenvalue weighted by Crippen LogP contribution is -1.99. The lowest BCUT2D eigenvalue weighted by Gasteiger charge is -1.98. The van der Waals surface area contributed by atoms with Crippen molar-refractivity contribution in [1.29, 1.82) is 0 Å². The van der Waals surface area contributed by atoms with Gasteiger partial charge in [0.2, 0.25) is 0 Å². The molecule has 0 saturated carbocycles. The van der Waals surface area contributed by atoms with Crippen LogP contribution in [0.4, 0.5) is 0 Å². The highest BCUT2D eigenvalue weighted by Crippen LogP contribution is 2.22. The number of rotatable bonds is 5. The van der Waals surface area contributed by atoms with Crippen LogP contribution in [0.15, 0.2) is 28.7 Å². The van der Waals surface area contributed by atoms with Gasteiger partial charge in [-0.2, -0.15) is 0 Å². The predicted octanol–water partition coefficient (Wildman–Crippen LogP) is 3.10. The maximum atomic E-state index is 5.72. The van der Waals surface area contributed by atoms with Crippen LogP contribution in [0, 0.1) is 0 Å². The summed E-state index contributed by atoms with van der Waals surface area (Å²) in [6.45, 7) is 1.05. The molecule has 96 valence electrons. The molecule has 1 heterocycles. The molecule has 2 N–H and O–H groups in total. The molecular formula is C13H15BrN2OS. The van der Waals surface area contributed by atoms with Crippen LogP contribution in [0.5, 0.6) is 0 Å². The van der Waals surface area contributed by atoms with E-state index in [4.69, 9.17) is 10.5 Å². The first-order chi connectivity index (χ1) is 8.72. The van der Waals surface area contributed by atoms with Gasteiger partial charge in [0.15, 0.2) is 0 Å². The van der Waals surface area contributed by atoms with Gasteiger partial charge in [-0.25, -0.2) is 4.98 Å². The summed E-state index contributed by atoms with van der Waals surface area (Å²) in [6.07, 6.45) is 0.834. The number of nitrogens with zero attached hydrogens (tertiary/aromatic N) is 1. The molecule has 0 fully saturated rings. The van der Waals surface area contributed by atoms with E-state index in [0.29, 0.717) is 13.2 Å². The molecular weight excluding hydrogens is 312 g/mol. The Labute approximate surface area is 119 Å². The van der Waals surface area contributed by atoms with E-state index in [1.165, 1.54) is 5.56 Å². The number of benzene rings is 1. The third kappa shape index (κ3) is 3.38. The Kier molecular flexibility index (Phi) is 4.88. The van der Waals surface area contributed by atoms with Gasteiger partial charge in [0.05, 0.1) is 17.3 Å². The fourth-order valence-electron chi connectivity index (χ4n) is 1.74. The van der Waals surface area contributed by atoms with Crippen molar-refractivity contribution in [1.82, 2.24) is 4.98 Å². The maximum absolute atomic E-state index is 5.72. The molecule has 0 aliphatic carbocycles. The average molecular weight is 327 g/mol. The first-order valence-electron chi connectivity index (χ1n) is 5.64. The van der Waals surface area contributed by atoms with Gasteiger partial charge in [-0.3, -0.25) is 0 Å². The van der Waals surface area contributed by atoms with Crippen LogP contribution in [0.3, 0.4) is 0 Å². The highest BCUT2D eigenvalue weighted by Gasteiger charge is 2.10. The Morgan fingerprint density at radius 3 is 2.94 bits per heavy atom. The first-order valence-corrected chi connectivity index (χ1v) is 7.24. The minimum Gasteiger partial charge on any atom is -0.378 e. The zero-order valence-corrected chi connectivity index (χ0v) is 12.6. The molecule has 2 aromatic rings. The molecule has 0 aliphatic rings. The molecule has 1 aromatic carbocycles. The summed E-state index contributed by atoms with van der Waals surface area (Å²) in [5.41, 5.74) is 7.93. The summed E-state index contributed by atoms with van der Waals surface area (Å²) >= 11 is 5.15. The van der Waals surface area contributed by atoms with Crippen molar-refractivity contribution in [3.05, 3.63) is 49.9 Å². The molecule has 0 radical (unpaired) electrons. The quantitative estimate of drug-likeness (QED) is 0.918. The number of ether oxygens (including phenoxy) is 1. The monoisotopic (exact) mass is 326 g/mol. The highest BCUT2D eigenvalue weighted by molar-refractivity contribution is 9.10. The number of nitrogens with two attached hydrogens (primary N) is 1. The van der Waals surface area contributed by atoms with E-state index in [2.05, 4.69) is 33.0 Å². The topological polar surface area (TPSA) is 48.1 Å². The molecule has 3 nitrogen and oxygen atoms in total. The number of thiazole rings is 1. The number of hydrogen-bond donors (Lipinski definition) is 1. The third-order valence-corrected chi connectivity index (χ3v) is 4.15. The summed E-state index contributed by atoms with van der Waals surface area (Å²) in [7, 11) is 1.67. The fourth-order valence-corrected chi connectivity index (χ4v) is 3.17. The summed E-state index contributed by atoms with van der Waals surface area (Å²) in [5, 5.41) is 1.08.